The van der Waals surface area contributed by atoms with Crippen molar-refractivity contribution in [1.29, 1.82) is 10.5 Å². The second-order valence-corrected chi connectivity index (χ2v) is 16.7. The smallest absolute Gasteiger partial charge is 0.309 e. The summed E-state index contributed by atoms with van der Waals surface area (Å²) in [6.07, 6.45) is -4.74. The predicted octanol–water partition coefficient (Wildman–Crippen LogP) is 15.9. The van der Waals surface area contributed by atoms with E-state index in [0.717, 1.165) is 94.4 Å². The Hall–Kier alpha value is -8.65. The third kappa shape index (κ3) is 6.52. The highest BCUT2D eigenvalue weighted by molar-refractivity contribution is 6.13. The van der Waals surface area contributed by atoms with E-state index in [-0.39, 0.29) is 11.1 Å². The van der Waals surface area contributed by atoms with Crippen molar-refractivity contribution in [2.75, 3.05) is 0 Å². The second kappa shape index (κ2) is 15.6. The van der Waals surface area contributed by atoms with E-state index in [9.17, 15) is 23.7 Å². The van der Waals surface area contributed by atoms with Crippen molar-refractivity contribution in [2.45, 2.75) is 20.0 Å². The summed E-state index contributed by atoms with van der Waals surface area (Å²) in [4.78, 5) is 0. The molecule has 7 heteroatoms. The number of halogens is 3. The largest absolute Gasteiger partial charge is 0.417 e. The average Bonchev–Trinajstić information content (AvgIpc) is 3.85. The fourth-order valence-corrected chi connectivity index (χ4v) is 9.82. The SMILES string of the molecule is Cc1ccccc1-c1ccc2c(c1)c1ccccc1n2-c1ccc(C#N)cc1-c1cc(-c2ccc(C#N)cc2C(F)(F)F)ccc1-n1c2ccccc2c2cc(-c3ccccc3C)ccc21. The molecule has 0 unspecified atom stereocenters. The molecule has 0 bridgehead atoms. The monoisotopic (exact) mass is 858 g/mol. The molecule has 0 aliphatic rings. The summed E-state index contributed by atoms with van der Waals surface area (Å²) in [5.74, 6) is 0. The van der Waals surface area contributed by atoms with Crippen molar-refractivity contribution < 1.29 is 13.2 Å². The number of nitriles is 2. The normalized spacial score (nSPS) is 11.7. The van der Waals surface area contributed by atoms with Crippen LogP contribution in [0.1, 0.15) is 27.8 Å². The maximum Gasteiger partial charge on any atom is 0.417 e. The van der Waals surface area contributed by atoms with Gasteiger partial charge in [0.15, 0.2) is 0 Å². The van der Waals surface area contributed by atoms with Crippen LogP contribution in [0, 0.1) is 36.5 Å². The molecule has 0 aliphatic carbocycles. The third-order valence-corrected chi connectivity index (χ3v) is 12.9. The molecule has 9 aromatic carbocycles. The Morgan fingerprint density at radius 1 is 0.379 bits per heavy atom. The fraction of sp³-hybridized carbons (Fsp3) is 0.0508. The van der Waals surface area contributed by atoms with Gasteiger partial charge in [-0.1, -0.05) is 109 Å². The van der Waals surface area contributed by atoms with Gasteiger partial charge in [-0.3, -0.25) is 0 Å². The zero-order valence-corrected chi connectivity index (χ0v) is 35.8. The highest BCUT2D eigenvalue weighted by Gasteiger charge is 2.34. The number of para-hydroxylation sites is 2. The minimum absolute atomic E-state index is 0.0574. The predicted molar refractivity (Wildman–Crippen MR) is 261 cm³/mol. The van der Waals surface area contributed by atoms with Crippen LogP contribution in [-0.2, 0) is 6.18 Å². The molecule has 2 aromatic heterocycles. The van der Waals surface area contributed by atoms with E-state index in [1.807, 2.05) is 72.8 Å². The molecule has 11 aromatic rings. The van der Waals surface area contributed by atoms with Gasteiger partial charge in [-0.25, -0.2) is 0 Å². The molecular formula is C59H37F3N4. The van der Waals surface area contributed by atoms with Crippen LogP contribution in [0.3, 0.4) is 0 Å². The summed E-state index contributed by atoms with van der Waals surface area (Å²) in [5, 5.41) is 24.3. The number of aryl methyl sites for hydroxylation is 2. The molecule has 0 N–H and O–H groups in total. The van der Waals surface area contributed by atoms with Crippen LogP contribution in [0.25, 0.3) is 99.5 Å². The van der Waals surface area contributed by atoms with Crippen LogP contribution in [0.2, 0.25) is 0 Å². The topological polar surface area (TPSA) is 57.4 Å². The maximum absolute atomic E-state index is 15.0. The lowest BCUT2D eigenvalue weighted by Gasteiger charge is -2.21. The summed E-state index contributed by atoms with van der Waals surface area (Å²) in [7, 11) is 0. The molecule has 0 saturated heterocycles. The van der Waals surface area contributed by atoms with E-state index in [4.69, 9.17) is 0 Å². The highest BCUT2D eigenvalue weighted by atomic mass is 19.4. The lowest BCUT2D eigenvalue weighted by molar-refractivity contribution is -0.137. The fourth-order valence-electron chi connectivity index (χ4n) is 9.82. The first-order chi connectivity index (χ1) is 32.1. The van der Waals surface area contributed by atoms with Gasteiger partial charge in [0.25, 0.3) is 0 Å². The first-order valence-electron chi connectivity index (χ1n) is 21.6. The molecule has 314 valence electrons. The van der Waals surface area contributed by atoms with Crippen LogP contribution in [0.5, 0.6) is 0 Å². The number of rotatable bonds is 6. The summed E-state index contributed by atoms with van der Waals surface area (Å²) >= 11 is 0. The van der Waals surface area contributed by atoms with Gasteiger partial charge in [0.05, 0.1) is 62.3 Å². The van der Waals surface area contributed by atoms with Crippen LogP contribution in [0.4, 0.5) is 13.2 Å². The van der Waals surface area contributed by atoms with Gasteiger partial charge < -0.3 is 9.13 Å². The van der Waals surface area contributed by atoms with Gasteiger partial charge >= 0.3 is 6.18 Å². The van der Waals surface area contributed by atoms with E-state index in [1.54, 1.807) is 18.2 Å². The number of fused-ring (bicyclic) bond motifs is 6. The Kier molecular flexibility index (Phi) is 9.46. The molecule has 0 saturated carbocycles. The molecule has 2 heterocycles. The Morgan fingerprint density at radius 3 is 1.33 bits per heavy atom. The van der Waals surface area contributed by atoms with Crippen molar-refractivity contribution in [2.24, 2.45) is 0 Å². The number of alkyl halides is 3. The van der Waals surface area contributed by atoms with E-state index in [1.165, 1.54) is 12.1 Å². The molecule has 66 heavy (non-hydrogen) atoms. The molecule has 11 rings (SSSR count). The van der Waals surface area contributed by atoms with E-state index >= 15 is 0 Å². The third-order valence-electron chi connectivity index (χ3n) is 12.9. The number of hydrogen-bond donors (Lipinski definition) is 0. The van der Waals surface area contributed by atoms with Crippen molar-refractivity contribution in [3.8, 4) is 68.0 Å². The van der Waals surface area contributed by atoms with Crippen LogP contribution < -0.4 is 0 Å². The van der Waals surface area contributed by atoms with Crippen molar-refractivity contribution >= 4 is 43.6 Å². The standard InChI is InChI=1S/C59H37F3N4/c1-36-11-3-5-13-43(36)40-21-26-56-49(31-40)46-15-7-9-17-53(46)65(56)55-25-20-38(34-63)29-48(55)51-33-42(45-24-19-39(35-64)30-52(45)59(60,61)62)23-28-58(51)66-54-18-10-8-16-47(54)50-32-41(22-27-57(50)66)44-14-6-4-12-37(44)2/h3-33H,1-2H3. The first-order valence-corrected chi connectivity index (χ1v) is 21.6. The van der Waals surface area contributed by atoms with E-state index < -0.39 is 11.7 Å². The molecule has 4 nitrogen and oxygen atoms in total. The van der Waals surface area contributed by atoms with Gasteiger partial charge in [0.1, 0.15) is 0 Å². The second-order valence-electron chi connectivity index (χ2n) is 16.7. The summed E-state index contributed by atoms with van der Waals surface area (Å²) in [5.41, 5.74) is 12.8. The lowest BCUT2D eigenvalue weighted by Crippen LogP contribution is -2.08. The van der Waals surface area contributed by atoms with E-state index in [2.05, 4.69) is 114 Å². The molecule has 0 atom stereocenters. The highest BCUT2D eigenvalue weighted by Crippen LogP contribution is 2.45. The summed E-state index contributed by atoms with van der Waals surface area (Å²) in [6, 6.07) is 64.8. The first kappa shape index (κ1) is 40.1. The number of benzene rings is 9. The molecule has 0 radical (unpaired) electrons. The minimum Gasteiger partial charge on any atom is -0.309 e. The van der Waals surface area contributed by atoms with Gasteiger partial charge in [0, 0.05) is 32.7 Å². The Bertz CT molecular complexity index is 3870. The van der Waals surface area contributed by atoms with Crippen molar-refractivity contribution in [3.05, 3.63) is 216 Å². The number of aromatic nitrogens is 2. The van der Waals surface area contributed by atoms with Crippen molar-refractivity contribution in [1.82, 2.24) is 9.13 Å². The van der Waals surface area contributed by atoms with Crippen molar-refractivity contribution in [3.63, 3.8) is 0 Å². The molecular weight excluding hydrogens is 822 g/mol. The number of nitrogens with zero attached hydrogens (tertiary/aromatic N) is 4. The zero-order chi connectivity index (χ0) is 45.3. The Labute approximate surface area is 378 Å². The van der Waals surface area contributed by atoms with Crippen LogP contribution in [0.15, 0.2) is 188 Å². The maximum atomic E-state index is 15.0. The van der Waals surface area contributed by atoms with Gasteiger partial charge in [0.2, 0.25) is 0 Å². The van der Waals surface area contributed by atoms with Crippen LogP contribution in [-0.4, -0.2) is 9.13 Å². The zero-order valence-electron chi connectivity index (χ0n) is 35.8. The summed E-state index contributed by atoms with van der Waals surface area (Å²) in [6.45, 7) is 4.20. The molecule has 0 spiro atoms. The van der Waals surface area contributed by atoms with Gasteiger partial charge in [-0.15, -0.1) is 0 Å². The summed E-state index contributed by atoms with van der Waals surface area (Å²) < 4.78 is 49.2. The lowest BCUT2D eigenvalue weighted by atomic mass is 9.92. The van der Waals surface area contributed by atoms with Gasteiger partial charge in [-0.2, -0.15) is 23.7 Å². The van der Waals surface area contributed by atoms with Crippen LogP contribution >= 0.6 is 0 Å². The quantitative estimate of drug-likeness (QED) is 0.167. The molecule has 0 amide bonds. The van der Waals surface area contributed by atoms with Gasteiger partial charge in [-0.05, 0) is 137 Å². The minimum atomic E-state index is -4.74. The average molecular weight is 859 g/mol. The van der Waals surface area contributed by atoms with E-state index in [0.29, 0.717) is 22.3 Å². The number of hydrogen-bond acceptors (Lipinski definition) is 2. The molecule has 0 fully saturated rings. The Morgan fingerprint density at radius 2 is 0.803 bits per heavy atom. The Balaban J connectivity index is 1.24. The molecule has 0 aliphatic heterocycles.